The molecule has 1 aromatic rings. The summed E-state index contributed by atoms with van der Waals surface area (Å²) in [6.45, 7) is 2.05. The summed E-state index contributed by atoms with van der Waals surface area (Å²) in [5, 5.41) is 0. The van der Waals surface area contributed by atoms with Crippen LogP contribution in [0.2, 0.25) is 0 Å². The second-order valence-electron chi connectivity index (χ2n) is 6.32. The zero-order chi connectivity index (χ0) is 18.7. The molecular weight excluding hydrogens is 331 g/mol. The molecule has 0 aromatic heterocycles. The number of carbonyl (C=O) groups is 1. The number of esters is 1. The van der Waals surface area contributed by atoms with Gasteiger partial charge in [-0.05, 0) is 12.0 Å². The van der Waals surface area contributed by atoms with Gasteiger partial charge in [-0.3, -0.25) is 4.79 Å². The van der Waals surface area contributed by atoms with E-state index < -0.39 is 24.1 Å². The van der Waals surface area contributed by atoms with E-state index in [1.807, 2.05) is 6.07 Å². The number of nitrogens with two attached hydrogens (primary N) is 1. The lowest BCUT2D eigenvalue weighted by Crippen LogP contribution is -2.47. The number of hydrogen-bond acceptors (Lipinski definition) is 3. The maximum atomic E-state index is 13.0. The van der Waals surface area contributed by atoms with E-state index in [-0.39, 0.29) is 13.0 Å². The molecule has 1 aromatic carbocycles. The highest BCUT2D eigenvalue weighted by Crippen LogP contribution is 2.28. The predicted octanol–water partition coefficient (Wildman–Crippen LogP) is 4.99. The molecule has 0 saturated heterocycles. The van der Waals surface area contributed by atoms with Crippen molar-refractivity contribution in [2.45, 2.75) is 70.7 Å². The van der Waals surface area contributed by atoms with Gasteiger partial charge < -0.3 is 10.5 Å². The molecular formula is C19H28F3NO2. The SMILES string of the molecule is CCCCCCCC[C@@H](C(=O)OCc1ccccc1)[C@@H](N)C(F)(F)F. The maximum Gasteiger partial charge on any atom is 0.404 e. The van der Waals surface area contributed by atoms with Crippen molar-refractivity contribution in [3.63, 3.8) is 0 Å². The van der Waals surface area contributed by atoms with Crippen LogP contribution in [0.5, 0.6) is 0 Å². The lowest BCUT2D eigenvalue weighted by Gasteiger charge is -2.24. The molecule has 6 heteroatoms. The van der Waals surface area contributed by atoms with Crippen molar-refractivity contribution < 1.29 is 22.7 Å². The highest BCUT2D eigenvalue weighted by molar-refractivity contribution is 5.73. The molecule has 0 amide bonds. The Kier molecular flexibility index (Phi) is 9.57. The van der Waals surface area contributed by atoms with Crippen molar-refractivity contribution in [3.05, 3.63) is 35.9 Å². The summed E-state index contributed by atoms with van der Waals surface area (Å²) < 4.78 is 44.0. The summed E-state index contributed by atoms with van der Waals surface area (Å²) in [5.74, 6) is -2.22. The van der Waals surface area contributed by atoms with Crippen molar-refractivity contribution in [1.82, 2.24) is 0 Å². The van der Waals surface area contributed by atoms with Gasteiger partial charge in [-0.25, -0.2) is 0 Å². The van der Waals surface area contributed by atoms with E-state index >= 15 is 0 Å². The van der Waals surface area contributed by atoms with Crippen LogP contribution in [0, 0.1) is 5.92 Å². The van der Waals surface area contributed by atoms with E-state index in [1.54, 1.807) is 24.3 Å². The van der Waals surface area contributed by atoms with Gasteiger partial charge in [0, 0.05) is 0 Å². The Balaban J connectivity index is 2.55. The van der Waals surface area contributed by atoms with Gasteiger partial charge in [0.2, 0.25) is 0 Å². The van der Waals surface area contributed by atoms with Crippen LogP contribution in [0.3, 0.4) is 0 Å². The minimum atomic E-state index is -4.61. The third-order valence-electron chi connectivity index (χ3n) is 4.21. The van der Waals surface area contributed by atoms with Crippen LogP contribution < -0.4 is 5.73 Å². The molecule has 0 saturated carbocycles. The minimum absolute atomic E-state index is 0.0444. The first-order valence-corrected chi connectivity index (χ1v) is 8.89. The molecule has 0 unspecified atom stereocenters. The topological polar surface area (TPSA) is 52.3 Å². The zero-order valence-electron chi connectivity index (χ0n) is 14.7. The number of benzene rings is 1. The number of hydrogen-bond donors (Lipinski definition) is 1. The standard InChI is InChI=1S/C19H28F3NO2/c1-2-3-4-5-6-10-13-16(17(23)19(20,21)22)18(24)25-14-15-11-8-7-9-12-15/h7-9,11-12,16-17H,2-6,10,13-14,23H2,1H3/t16-,17-/m1/s1. The number of unbranched alkanes of at least 4 members (excludes halogenated alkanes) is 5. The quantitative estimate of drug-likeness (QED) is 0.447. The molecule has 2 N–H and O–H groups in total. The molecule has 0 bridgehead atoms. The molecule has 142 valence electrons. The molecule has 0 aliphatic rings. The Hall–Kier alpha value is -1.56. The molecule has 0 fully saturated rings. The summed E-state index contributed by atoms with van der Waals surface area (Å²) in [5.41, 5.74) is 6.03. The van der Waals surface area contributed by atoms with Crippen LogP contribution >= 0.6 is 0 Å². The van der Waals surface area contributed by atoms with Gasteiger partial charge in [0.15, 0.2) is 0 Å². The van der Waals surface area contributed by atoms with Crippen LogP contribution in [-0.2, 0) is 16.1 Å². The van der Waals surface area contributed by atoms with Crippen molar-refractivity contribution in [2.24, 2.45) is 11.7 Å². The van der Waals surface area contributed by atoms with Crippen molar-refractivity contribution >= 4 is 5.97 Å². The van der Waals surface area contributed by atoms with Gasteiger partial charge in [-0.1, -0.05) is 75.8 Å². The Morgan fingerprint density at radius 3 is 2.28 bits per heavy atom. The fraction of sp³-hybridized carbons (Fsp3) is 0.632. The highest BCUT2D eigenvalue weighted by atomic mass is 19.4. The van der Waals surface area contributed by atoms with Gasteiger partial charge in [0.1, 0.15) is 12.6 Å². The average molecular weight is 359 g/mol. The van der Waals surface area contributed by atoms with Crippen molar-refractivity contribution in [3.8, 4) is 0 Å². The smallest absolute Gasteiger partial charge is 0.404 e. The second kappa shape index (κ2) is 11.1. The highest BCUT2D eigenvalue weighted by Gasteiger charge is 2.45. The third kappa shape index (κ3) is 8.38. The third-order valence-corrected chi connectivity index (χ3v) is 4.21. The number of halogens is 3. The van der Waals surface area contributed by atoms with Crippen LogP contribution in [0.25, 0.3) is 0 Å². The Morgan fingerprint density at radius 2 is 1.68 bits per heavy atom. The van der Waals surface area contributed by atoms with Crippen LogP contribution in [0.4, 0.5) is 13.2 Å². The van der Waals surface area contributed by atoms with Gasteiger partial charge in [0.05, 0.1) is 5.92 Å². The normalized spacial score (nSPS) is 14.1. The van der Waals surface area contributed by atoms with E-state index in [9.17, 15) is 18.0 Å². The molecule has 0 spiro atoms. The molecule has 0 radical (unpaired) electrons. The van der Waals surface area contributed by atoms with Gasteiger partial charge in [-0.2, -0.15) is 13.2 Å². The van der Waals surface area contributed by atoms with Crippen molar-refractivity contribution in [2.75, 3.05) is 0 Å². The first-order chi connectivity index (χ1) is 11.9. The molecule has 0 aliphatic heterocycles. The predicted molar refractivity (Wildman–Crippen MR) is 91.8 cm³/mol. The first-order valence-electron chi connectivity index (χ1n) is 8.89. The largest absolute Gasteiger partial charge is 0.461 e. The number of carbonyl (C=O) groups excluding carboxylic acids is 1. The minimum Gasteiger partial charge on any atom is -0.461 e. The summed E-state index contributed by atoms with van der Waals surface area (Å²) in [4.78, 5) is 12.2. The van der Waals surface area contributed by atoms with Gasteiger partial charge >= 0.3 is 12.1 Å². The van der Waals surface area contributed by atoms with E-state index in [2.05, 4.69) is 6.92 Å². The lowest BCUT2D eigenvalue weighted by molar-refractivity contribution is -0.177. The zero-order valence-corrected chi connectivity index (χ0v) is 14.7. The molecule has 3 nitrogen and oxygen atoms in total. The fourth-order valence-electron chi connectivity index (χ4n) is 2.65. The molecule has 1 rings (SSSR count). The van der Waals surface area contributed by atoms with Crippen LogP contribution in [0.1, 0.15) is 57.4 Å². The molecule has 2 atom stereocenters. The first kappa shape index (κ1) is 21.5. The monoisotopic (exact) mass is 359 g/mol. The van der Waals surface area contributed by atoms with E-state index in [4.69, 9.17) is 10.5 Å². The van der Waals surface area contributed by atoms with Gasteiger partial charge in [0.25, 0.3) is 0 Å². The van der Waals surface area contributed by atoms with Crippen LogP contribution in [0.15, 0.2) is 30.3 Å². The molecule has 0 aliphatic carbocycles. The number of alkyl halides is 3. The molecule has 25 heavy (non-hydrogen) atoms. The van der Waals surface area contributed by atoms with Crippen molar-refractivity contribution in [1.29, 1.82) is 0 Å². The number of rotatable bonds is 11. The lowest BCUT2D eigenvalue weighted by atomic mass is 9.93. The summed E-state index contributed by atoms with van der Waals surface area (Å²) >= 11 is 0. The summed E-state index contributed by atoms with van der Waals surface area (Å²) in [6, 6.07) is 6.68. The van der Waals surface area contributed by atoms with E-state index in [0.29, 0.717) is 6.42 Å². The summed E-state index contributed by atoms with van der Waals surface area (Å²) in [7, 11) is 0. The van der Waals surface area contributed by atoms with E-state index in [1.165, 1.54) is 0 Å². The maximum absolute atomic E-state index is 13.0. The second-order valence-corrected chi connectivity index (χ2v) is 6.32. The average Bonchev–Trinajstić information content (AvgIpc) is 2.58. The van der Waals surface area contributed by atoms with Crippen LogP contribution in [-0.4, -0.2) is 18.2 Å². The Bertz CT molecular complexity index is 491. The Labute approximate surface area is 147 Å². The number of ether oxygens (including phenoxy) is 1. The van der Waals surface area contributed by atoms with E-state index in [0.717, 1.165) is 37.7 Å². The van der Waals surface area contributed by atoms with Gasteiger partial charge in [-0.15, -0.1) is 0 Å². The fourth-order valence-corrected chi connectivity index (χ4v) is 2.65. The molecule has 0 heterocycles. The Morgan fingerprint density at radius 1 is 1.08 bits per heavy atom. The summed E-state index contributed by atoms with van der Waals surface area (Å²) in [6.07, 6.45) is 1.06.